The monoisotopic (exact) mass is 309 g/mol. The maximum Gasteiger partial charge on any atom is 0.368 e. The summed E-state index contributed by atoms with van der Waals surface area (Å²) in [5, 5.41) is 0. The second-order valence-electron chi connectivity index (χ2n) is 5.64. The molecule has 24 heavy (non-hydrogen) atoms. The Morgan fingerprint density at radius 1 is 0.458 bits per heavy atom. The molecule has 0 aliphatic carbocycles. The zero-order chi connectivity index (χ0) is 16.2. The maximum atomic E-state index is 5.96. The first-order valence-electron chi connectivity index (χ1n) is 8.04. The average molecular weight is 309 g/mol. The highest BCUT2D eigenvalue weighted by Crippen LogP contribution is 2.39. The molecular formula is C23H17O+. The van der Waals surface area contributed by atoms with E-state index in [9.17, 15) is 0 Å². The highest BCUT2D eigenvalue weighted by Gasteiger charge is 2.23. The average Bonchev–Trinajstić information content (AvgIpc) is 2.69. The lowest BCUT2D eigenvalue weighted by molar-refractivity contribution is 0.568. The first-order valence-corrected chi connectivity index (χ1v) is 8.04. The van der Waals surface area contributed by atoms with Crippen molar-refractivity contribution in [3.8, 4) is 33.6 Å². The molecule has 0 spiro atoms. The van der Waals surface area contributed by atoms with Gasteiger partial charge in [0.25, 0.3) is 0 Å². The van der Waals surface area contributed by atoms with Gasteiger partial charge in [-0.05, 0) is 23.3 Å². The van der Waals surface area contributed by atoms with Crippen molar-refractivity contribution in [2.24, 2.45) is 0 Å². The lowest BCUT2D eigenvalue weighted by atomic mass is 9.92. The molecule has 0 saturated heterocycles. The molecule has 1 aromatic heterocycles. The van der Waals surface area contributed by atoms with Gasteiger partial charge in [0.15, 0.2) is 0 Å². The van der Waals surface area contributed by atoms with Crippen molar-refractivity contribution < 1.29 is 4.42 Å². The molecule has 1 nitrogen and oxygen atoms in total. The van der Waals surface area contributed by atoms with Gasteiger partial charge in [0.1, 0.15) is 0 Å². The standard InChI is InChI=1S/C23H17O/c1-4-10-18(11-5-1)21-16-17-24-23(20-14-8-3-9-15-20)22(21)19-12-6-2-7-13-19/h1-17H/q+1. The van der Waals surface area contributed by atoms with Gasteiger partial charge >= 0.3 is 12.0 Å². The van der Waals surface area contributed by atoms with Gasteiger partial charge < -0.3 is 0 Å². The minimum Gasteiger partial charge on any atom is -0.215 e. The van der Waals surface area contributed by atoms with E-state index in [0.29, 0.717) is 0 Å². The van der Waals surface area contributed by atoms with Crippen molar-refractivity contribution in [2.45, 2.75) is 0 Å². The Labute approximate surface area is 141 Å². The summed E-state index contributed by atoms with van der Waals surface area (Å²) in [6, 6.07) is 33.2. The van der Waals surface area contributed by atoms with E-state index < -0.39 is 0 Å². The fourth-order valence-corrected chi connectivity index (χ4v) is 2.99. The highest BCUT2D eigenvalue weighted by molar-refractivity contribution is 5.91. The second-order valence-corrected chi connectivity index (χ2v) is 5.64. The van der Waals surface area contributed by atoms with Crippen molar-refractivity contribution in [1.82, 2.24) is 0 Å². The quantitative estimate of drug-likeness (QED) is 0.390. The van der Waals surface area contributed by atoms with Crippen molar-refractivity contribution in [1.29, 1.82) is 0 Å². The molecule has 0 aliphatic rings. The van der Waals surface area contributed by atoms with E-state index in [0.717, 1.165) is 22.5 Å². The van der Waals surface area contributed by atoms with Crippen LogP contribution in [0.2, 0.25) is 0 Å². The van der Waals surface area contributed by atoms with Crippen LogP contribution in [0.15, 0.2) is 108 Å². The maximum absolute atomic E-state index is 5.96. The first-order chi connectivity index (χ1) is 11.9. The normalized spacial score (nSPS) is 10.5. The van der Waals surface area contributed by atoms with Crippen LogP contribution in [0, 0.1) is 0 Å². The van der Waals surface area contributed by atoms with Gasteiger partial charge in [-0.2, -0.15) is 0 Å². The van der Waals surface area contributed by atoms with Crippen LogP contribution in [0.4, 0.5) is 0 Å². The Kier molecular flexibility index (Phi) is 3.91. The van der Waals surface area contributed by atoms with Crippen LogP contribution in [0.3, 0.4) is 0 Å². The van der Waals surface area contributed by atoms with E-state index in [2.05, 4.69) is 60.7 Å². The van der Waals surface area contributed by atoms with Crippen LogP contribution in [-0.4, -0.2) is 0 Å². The summed E-state index contributed by atoms with van der Waals surface area (Å²) in [4.78, 5) is 0. The van der Waals surface area contributed by atoms with E-state index >= 15 is 0 Å². The number of hydrogen-bond acceptors (Lipinski definition) is 0. The van der Waals surface area contributed by atoms with E-state index in [4.69, 9.17) is 4.42 Å². The molecule has 1 heteroatoms. The van der Waals surface area contributed by atoms with Gasteiger partial charge in [0, 0.05) is 11.6 Å². The summed E-state index contributed by atoms with van der Waals surface area (Å²) in [6.45, 7) is 0. The molecule has 0 unspecified atom stereocenters. The lowest BCUT2D eigenvalue weighted by Crippen LogP contribution is -1.90. The highest BCUT2D eigenvalue weighted by atomic mass is 16.3. The van der Waals surface area contributed by atoms with Crippen LogP contribution >= 0.6 is 0 Å². The minimum absolute atomic E-state index is 0.892. The van der Waals surface area contributed by atoms with Crippen LogP contribution in [0.25, 0.3) is 33.6 Å². The third-order valence-corrected chi connectivity index (χ3v) is 4.10. The largest absolute Gasteiger partial charge is 0.368 e. The molecule has 4 aromatic rings. The minimum atomic E-state index is 0.892. The van der Waals surface area contributed by atoms with Gasteiger partial charge in [-0.15, -0.1) is 0 Å². The second kappa shape index (κ2) is 6.51. The topological polar surface area (TPSA) is 11.3 Å². The third kappa shape index (κ3) is 2.72. The SMILES string of the molecule is c1ccc(-c2cc[o+]c(-c3ccccc3)c2-c2ccccc2)cc1. The molecule has 0 fully saturated rings. The molecular weight excluding hydrogens is 292 g/mol. The first kappa shape index (κ1) is 14.4. The summed E-state index contributed by atoms with van der Waals surface area (Å²) in [7, 11) is 0. The molecule has 4 rings (SSSR count). The summed E-state index contributed by atoms with van der Waals surface area (Å²) >= 11 is 0. The molecule has 0 radical (unpaired) electrons. The molecule has 0 atom stereocenters. The smallest absolute Gasteiger partial charge is 0.215 e. The molecule has 0 amide bonds. The summed E-state index contributed by atoms with van der Waals surface area (Å²) in [5.74, 6) is 0.892. The summed E-state index contributed by atoms with van der Waals surface area (Å²) in [6.07, 6.45) is 1.77. The molecule has 1 heterocycles. The van der Waals surface area contributed by atoms with Gasteiger partial charge in [-0.25, -0.2) is 4.42 Å². The number of hydrogen-bond donors (Lipinski definition) is 0. The number of rotatable bonds is 3. The predicted molar refractivity (Wildman–Crippen MR) is 99.4 cm³/mol. The Hall–Kier alpha value is -3.19. The lowest BCUT2D eigenvalue weighted by Gasteiger charge is -2.08. The molecule has 0 aliphatic heterocycles. The molecule has 3 aromatic carbocycles. The van der Waals surface area contributed by atoms with Crippen molar-refractivity contribution >= 4 is 0 Å². The fourth-order valence-electron chi connectivity index (χ4n) is 2.99. The van der Waals surface area contributed by atoms with Gasteiger partial charge in [0.05, 0.1) is 11.1 Å². The Bertz CT molecular complexity index is 872. The van der Waals surface area contributed by atoms with Crippen LogP contribution in [0.1, 0.15) is 0 Å². The van der Waals surface area contributed by atoms with Crippen molar-refractivity contribution in [2.75, 3.05) is 0 Å². The number of benzene rings is 3. The van der Waals surface area contributed by atoms with E-state index in [1.54, 1.807) is 6.26 Å². The summed E-state index contributed by atoms with van der Waals surface area (Å²) < 4.78 is 5.96. The Morgan fingerprint density at radius 3 is 1.54 bits per heavy atom. The van der Waals surface area contributed by atoms with Crippen LogP contribution < -0.4 is 0 Å². The van der Waals surface area contributed by atoms with Crippen molar-refractivity contribution in [3.63, 3.8) is 0 Å². The van der Waals surface area contributed by atoms with Crippen molar-refractivity contribution in [3.05, 3.63) is 103 Å². The molecule has 0 saturated carbocycles. The van der Waals surface area contributed by atoms with Gasteiger partial charge in [-0.3, -0.25) is 0 Å². The van der Waals surface area contributed by atoms with Gasteiger partial charge in [0.2, 0.25) is 0 Å². The van der Waals surface area contributed by atoms with E-state index in [-0.39, 0.29) is 0 Å². The van der Waals surface area contributed by atoms with Crippen LogP contribution in [-0.2, 0) is 0 Å². The predicted octanol–water partition coefficient (Wildman–Crippen LogP) is 6.56. The Balaban J connectivity index is 2.02. The molecule has 0 bridgehead atoms. The third-order valence-electron chi connectivity index (χ3n) is 4.10. The Morgan fingerprint density at radius 2 is 0.958 bits per heavy atom. The molecule has 114 valence electrons. The molecule has 0 N–H and O–H groups in total. The van der Waals surface area contributed by atoms with E-state index in [1.165, 1.54) is 11.1 Å². The zero-order valence-corrected chi connectivity index (χ0v) is 13.2. The van der Waals surface area contributed by atoms with Gasteiger partial charge in [-0.1, -0.05) is 78.9 Å². The van der Waals surface area contributed by atoms with E-state index in [1.807, 2.05) is 36.4 Å². The fraction of sp³-hybridized carbons (Fsp3) is 0. The summed E-state index contributed by atoms with van der Waals surface area (Å²) in [5.41, 5.74) is 5.71. The van der Waals surface area contributed by atoms with Crippen LogP contribution in [0.5, 0.6) is 0 Å². The zero-order valence-electron chi connectivity index (χ0n) is 13.2.